The van der Waals surface area contributed by atoms with Gasteiger partial charge < -0.3 is 19.7 Å². The number of nitrogens with zero attached hydrogens (tertiary/aromatic N) is 1. The summed E-state index contributed by atoms with van der Waals surface area (Å²) in [6.07, 6.45) is 2.16. The summed E-state index contributed by atoms with van der Waals surface area (Å²) in [6, 6.07) is 4.13. The quantitative estimate of drug-likeness (QED) is 0.650. The molecule has 0 amide bonds. The highest BCUT2D eigenvalue weighted by Gasteiger charge is 2.11. The molecule has 1 aromatic rings. The van der Waals surface area contributed by atoms with Gasteiger partial charge in [0.2, 0.25) is 0 Å². The molecule has 0 saturated carbocycles. The molecule has 0 aromatic heterocycles. The maximum Gasteiger partial charge on any atom is 0.175 e. The van der Waals surface area contributed by atoms with Crippen molar-refractivity contribution in [2.24, 2.45) is 0 Å². The molecule has 0 atom stereocenters. The fourth-order valence-corrected chi connectivity index (χ4v) is 2.47. The number of hydrogen-bond donors (Lipinski definition) is 1. The summed E-state index contributed by atoms with van der Waals surface area (Å²) in [7, 11) is 5.82. The van der Waals surface area contributed by atoms with Gasteiger partial charge in [0, 0.05) is 19.6 Å². The summed E-state index contributed by atoms with van der Waals surface area (Å²) < 4.78 is 12.2. The third kappa shape index (κ3) is 6.68. The summed E-state index contributed by atoms with van der Waals surface area (Å²) >= 11 is 3.58. The Kier molecular flexibility index (Phi) is 8.73. The van der Waals surface area contributed by atoms with Crippen molar-refractivity contribution >= 4 is 15.9 Å². The van der Waals surface area contributed by atoms with Crippen LogP contribution in [-0.4, -0.2) is 45.8 Å². The Morgan fingerprint density at radius 2 is 2.05 bits per heavy atom. The van der Waals surface area contributed by atoms with Gasteiger partial charge in [0.1, 0.15) is 0 Å². The molecule has 0 bridgehead atoms. The lowest BCUT2D eigenvalue weighted by atomic mass is 10.2. The first-order valence-corrected chi connectivity index (χ1v) is 8.22. The van der Waals surface area contributed by atoms with Crippen LogP contribution < -0.4 is 14.8 Å². The molecular formula is C16H27BrN2O2. The Bertz CT molecular complexity index is 425. The van der Waals surface area contributed by atoms with Crippen molar-refractivity contribution in [3.8, 4) is 11.5 Å². The molecule has 0 unspecified atom stereocenters. The zero-order valence-corrected chi connectivity index (χ0v) is 15.1. The molecule has 0 spiro atoms. The van der Waals surface area contributed by atoms with E-state index < -0.39 is 0 Å². The molecule has 0 aliphatic heterocycles. The number of hydrogen-bond acceptors (Lipinski definition) is 4. The predicted octanol–water partition coefficient (Wildman–Crippen LogP) is 3.29. The zero-order valence-electron chi connectivity index (χ0n) is 13.5. The largest absolute Gasteiger partial charge is 0.493 e. The number of nitrogens with one attached hydrogen (secondary N) is 1. The second-order valence-corrected chi connectivity index (χ2v) is 6.15. The standard InChI is InChI=1S/C16H27BrN2O2/c1-5-6-9-21-16-14(17)10-13(11-15(16)20-4)12-18-7-8-19(2)3/h10-11,18H,5-9,12H2,1-4H3. The zero-order chi connectivity index (χ0) is 15.7. The van der Waals surface area contributed by atoms with Crippen LogP contribution in [-0.2, 0) is 6.54 Å². The van der Waals surface area contributed by atoms with E-state index in [1.165, 1.54) is 5.56 Å². The van der Waals surface area contributed by atoms with Gasteiger partial charge in [-0.15, -0.1) is 0 Å². The van der Waals surface area contributed by atoms with Crippen LogP contribution in [0.2, 0.25) is 0 Å². The maximum atomic E-state index is 5.81. The van der Waals surface area contributed by atoms with Crippen LogP contribution in [0.25, 0.3) is 0 Å². The maximum absolute atomic E-state index is 5.81. The van der Waals surface area contributed by atoms with E-state index in [1.54, 1.807) is 7.11 Å². The molecule has 0 radical (unpaired) electrons. The summed E-state index contributed by atoms with van der Waals surface area (Å²) in [5.74, 6) is 1.58. The molecule has 1 rings (SSSR count). The Balaban J connectivity index is 2.64. The van der Waals surface area contributed by atoms with Gasteiger partial charge in [0.25, 0.3) is 0 Å². The average Bonchev–Trinajstić information content (AvgIpc) is 2.45. The van der Waals surface area contributed by atoms with Gasteiger partial charge in [-0.2, -0.15) is 0 Å². The number of benzene rings is 1. The fourth-order valence-electron chi connectivity index (χ4n) is 1.87. The van der Waals surface area contributed by atoms with E-state index in [0.29, 0.717) is 6.61 Å². The van der Waals surface area contributed by atoms with E-state index in [9.17, 15) is 0 Å². The molecule has 1 aromatic carbocycles. The normalized spacial score (nSPS) is 11.0. The van der Waals surface area contributed by atoms with Gasteiger partial charge in [-0.05, 0) is 54.1 Å². The smallest absolute Gasteiger partial charge is 0.175 e. The van der Waals surface area contributed by atoms with Crippen LogP contribution in [0.15, 0.2) is 16.6 Å². The van der Waals surface area contributed by atoms with E-state index >= 15 is 0 Å². The molecule has 0 aliphatic rings. The third-order valence-electron chi connectivity index (χ3n) is 3.10. The van der Waals surface area contributed by atoms with Crippen molar-refractivity contribution in [1.82, 2.24) is 10.2 Å². The van der Waals surface area contributed by atoms with Gasteiger partial charge >= 0.3 is 0 Å². The number of methoxy groups -OCH3 is 1. The number of unbranched alkanes of at least 4 members (excludes halogenated alkanes) is 1. The number of rotatable bonds is 10. The van der Waals surface area contributed by atoms with E-state index in [1.807, 2.05) is 6.07 Å². The lowest BCUT2D eigenvalue weighted by Gasteiger charge is -2.15. The number of halogens is 1. The first kappa shape index (κ1) is 18.3. The van der Waals surface area contributed by atoms with E-state index in [-0.39, 0.29) is 0 Å². The summed E-state index contributed by atoms with van der Waals surface area (Å²) in [5, 5.41) is 3.42. The second-order valence-electron chi connectivity index (χ2n) is 5.29. The Labute approximate surface area is 136 Å². The first-order valence-electron chi connectivity index (χ1n) is 7.43. The van der Waals surface area contributed by atoms with Crippen LogP contribution in [0.3, 0.4) is 0 Å². The van der Waals surface area contributed by atoms with Gasteiger partial charge in [-0.1, -0.05) is 13.3 Å². The van der Waals surface area contributed by atoms with Crippen LogP contribution in [0.4, 0.5) is 0 Å². The highest BCUT2D eigenvalue weighted by atomic mass is 79.9. The fraction of sp³-hybridized carbons (Fsp3) is 0.625. The minimum Gasteiger partial charge on any atom is -0.493 e. The summed E-state index contributed by atoms with van der Waals surface area (Å²) in [4.78, 5) is 2.16. The van der Waals surface area contributed by atoms with Crippen LogP contribution in [0.5, 0.6) is 11.5 Å². The molecule has 21 heavy (non-hydrogen) atoms. The molecule has 0 fully saturated rings. The SMILES string of the molecule is CCCCOc1c(Br)cc(CNCCN(C)C)cc1OC. The van der Waals surface area contributed by atoms with Crippen LogP contribution in [0, 0.1) is 0 Å². The van der Waals surface area contributed by atoms with Crippen molar-refractivity contribution < 1.29 is 9.47 Å². The lowest BCUT2D eigenvalue weighted by molar-refractivity contribution is 0.286. The highest BCUT2D eigenvalue weighted by Crippen LogP contribution is 2.36. The second kappa shape index (κ2) is 10.0. The van der Waals surface area contributed by atoms with Crippen molar-refractivity contribution in [3.63, 3.8) is 0 Å². The molecule has 0 heterocycles. The number of ether oxygens (including phenoxy) is 2. The van der Waals surface area contributed by atoms with Gasteiger partial charge in [0.05, 0.1) is 18.2 Å². The van der Waals surface area contributed by atoms with Crippen molar-refractivity contribution in [3.05, 3.63) is 22.2 Å². The Morgan fingerprint density at radius 1 is 1.29 bits per heavy atom. The first-order chi connectivity index (χ1) is 10.1. The molecular weight excluding hydrogens is 332 g/mol. The van der Waals surface area contributed by atoms with Gasteiger partial charge in [0.15, 0.2) is 11.5 Å². The predicted molar refractivity (Wildman–Crippen MR) is 91.4 cm³/mol. The highest BCUT2D eigenvalue weighted by molar-refractivity contribution is 9.10. The lowest BCUT2D eigenvalue weighted by Crippen LogP contribution is -2.26. The third-order valence-corrected chi connectivity index (χ3v) is 3.69. The molecule has 1 N–H and O–H groups in total. The van der Waals surface area contributed by atoms with Gasteiger partial charge in [-0.3, -0.25) is 0 Å². The van der Waals surface area contributed by atoms with Crippen molar-refractivity contribution in [1.29, 1.82) is 0 Å². The molecule has 0 aliphatic carbocycles. The molecule has 120 valence electrons. The van der Waals surface area contributed by atoms with Crippen LogP contribution in [0.1, 0.15) is 25.3 Å². The summed E-state index contributed by atoms with van der Waals surface area (Å²) in [5.41, 5.74) is 1.18. The minimum atomic E-state index is 0.714. The summed E-state index contributed by atoms with van der Waals surface area (Å²) in [6.45, 7) is 5.67. The van der Waals surface area contributed by atoms with E-state index in [2.05, 4.69) is 53.2 Å². The number of likely N-dealkylation sites (N-methyl/N-ethyl adjacent to an activating group) is 1. The molecule has 0 saturated heterocycles. The topological polar surface area (TPSA) is 33.7 Å². The average molecular weight is 359 g/mol. The molecule has 4 nitrogen and oxygen atoms in total. The Morgan fingerprint density at radius 3 is 2.67 bits per heavy atom. The Hall–Kier alpha value is -0.780. The molecule has 5 heteroatoms. The van der Waals surface area contributed by atoms with Gasteiger partial charge in [-0.25, -0.2) is 0 Å². The van der Waals surface area contributed by atoms with Crippen LogP contribution >= 0.6 is 15.9 Å². The monoisotopic (exact) mass is 358 g/mol. The van der Waals surface area contributed by atoms with Crippen molar-refractivity contribution in [2.75, 3.05) is 40.9 Å². The van der Waals surface area contributed by atoms with E-state index in [0.717, 1.165) is 48.4 Å². The van der Waals surface area contributed by atoms with Crippen molar-refractivity contribution in [2.45, 2.75) is 26.3 Å². The minimum absolute atomic E-state index is 0.714. The van der Waals surface area contributed by atoms with E-state index in [4.69, 9.17) is 9.47 Å².